The molecule has 2 aromatic rings. The molecule has 0 saturated carbocycles. The standard InChI is InChI=1S/C16H16N2OS/c17-10-15-4-5-16(20-15)18-7-6-13(11-18)8-12-2-1-3-14(19)9-12/h1-5,9,13,19H,6-8,11H2. The molecule has 1 unspecified atom stereocenters. The van der Waals surface area contributed by atoms with E-state index in [0.29, 0.717) is 11.7 Å². The molecule has 1 fully saturated rings. The summed E-state index contributed by atoms with van der Waals surface area (Å²) < 4.78 is 0. The lowest BCUT2D eigenvalue weighted by molar-refractivity contribution is 0.473. The number of aromatic hydroxyl groups is 1. The highest BCUT2D eigenvalue weighted by molar-refractivity contribution is 7.16. The monoisotopic (exact) mass is 284 g/mol. The predicted molar refractivity (Wildman–Crippen MR) is 81.2 cm³/mol. The molecule has 0 spiro atoms. The quantitative estimate of drug-likeness (QED) is 0.939. The van der Waals surface area contributed by atoms with E-state index in [1.54, 1.807) is 17.4 Å². The van der Waals surface area contributed by atoms with Crippen LogP contribution in [0.25, 0.3) is 0 Å². The van der Waals surface area contributed by atoms with Crippen molar-refractivity contribution in [1.82, 2.24) is 0 Å². The molecule has 1 atom stereocenters. The van der Waals surface area contributed by atoms with E-state index < -0.39 is 0 Å². The van der Waals surface area contributed by atoms with Crippen molar-refractivity contribution in [3.8, 4) is 11.8 Å². The van der Waals surface area contributed by atoms with Crippen LogP contribution in [-0.2, 0) is 6.42 Å². The smallest absolute Gasteiger partial charge is 0.115 e. The van der Waals surface area contributed by atoms with Crippen molar-refractivity contribution < 1.29 is 5.11 Å². The zero-order valence-corrected chi connectivity index (χ0v) is 11.9. The summed E-state index contributed by atoms with van der Waals surface area (Å²) in [5, 5.41) is 19.6. The van der Waals surface area contributed by atoms with Gasteiger partial charge in [0.25, 0.3) is 0 Å². The Morgan fingerprint density at radius 3 is 3.00 bits per heavy atom. The second-order valence-electron chi connectivity index (χ2n) is 5.22. The predicted octanol–water partition coefficient (Wildman–Crippen LogP) is 3.39. The van der Waals surface area contributed by atoms with Crippen molar-refractivity contribution >= 4 is 16.3 Å². The van der Waals surface area contributed by atoms with E-state index in [4.69, 9.17) is 5.26 Å². The summed E-state index contributed by atoms with van der Waals surface area (Å²) in [4.78, 5) is 3.13. The first kappa shape index (κ1) is 13.0. The van der Waals surface area contributed by atoms with Gasteiger partial charge >= 0.3 is 0 Å². The van der Waals surface area contributed by atoms with Gasteiger partial charge in [0.2, 0.25) is 0 Å². The van der Waals surface area contributed by atoms with E-state index >= 15 is 0 Å². The number of phenolic OH excluding ortho intramolecular Hbond substituents is 1. The van der Waals surface area contributed by atoms with E-state index in [2.05, 4.69) is 17.0 Å². The molecule has 1 aromatic heterocycles. The maximum Gasteiger partial charge on any atom is 0.115 e. The van der Waals surface area contributed by atoms with Gasteiger partial charge in [0.15, 0.2) is 0 Å². The molecule has 102 valence electrons. The van der Waals surface area contributed by atoms with Gasteiger partial charge < -0.3 is 10.0 Å². The average molecular weight is 284 g/mol. The van der Waals surface area contributed by atoms with Gasteiger partial charge in [-0.3, -0.25) is 0 Å². The fourth-order valence-corrected chi connectivity index (χ4v) is 3.61. The second-order valence-corrected chi connectivity index (χ2v) is 6.29. The van der Waals surface area contributed by atoms with Gasteiger partial charge in [-0.15, -0.1) is 11.3 Å². The minimum absolute atomic E-state index is 0.342. The normalized spacial score (nSPS) is 18.1. The minimum Gasteiger partial charge on any atom is -0.508 e. The molecule has 4 heteroatoms. The zero-order chi connectivity index (χ0) is 13.9. The highest BCUT2D eigenvalue weighted by atomic mass is 32.1. The lowest BCUT2D eigenvalue weighted by Crippen LogP contribution is -2.18. The van der Waals surface area contributed by atoms with Crippen LogP contribution in [0.3, 0.4) is 0 Å². The summed E-state index contributed by atoms with van der Waals surface area (Å²) in [5.74, 6) is 0.957. The van der Waals surface area contributed by atoms with Crippen LogP contribution < -0.4 is 4.90 Å². The highest BCUT2D eigenvalue weighted by Gasteiger charge is 2.23. The molecule has 2 heterocycles. The molecule has 1 aliphatic rings. The third kappa shape index (κ3) is 2.78. The van der Waals surface area contributed by atoms with Crippen molar-refractivity contribution in [3.05, 3.63) is 46.8 Å². The Kier molecular flexibility index (Phi) is 3.62. The SMILES string of the molecule is N#Cc1ccc(N2CCC(Cc3cccc(O)c3)C2)s1. The van der Waals surface area contributed by atoms with E-state index in [-0.39, 0.29) is 0 Å². The Morgan fingerprint density at radius 2 is 2.25 bits per heavy atom. The largest absolute Gasteiger partial charge is 0.508 e. The maximum atomic E-state index is 9.51. The van der Waals surface area contributed by atoms with E-state index in [9.17, 15) is 5.11 Å². The summed E-state index contributed by atoms with van der Waals surface area (Å²) in [6.07, 6.45) is 2.16. The summed E-state index contributed by atoms with van der Waals surface area (Å²) in [6.45, 7) is 2.08. The lowest BCUT2D eigenvalue weighted by Gasteiger charge is -2.16. The molecule has 1 N–H and O–H groups in total. The fraction of sp³-hybridized carbons (Fsp3) is 0.312. The number of hydrogen-bond acceptors (Lipinski definition) is 4. The molecule has 1 aliphatic heterocycles. The molecule has 3 nitrogen and oxygen atoms in total. The third-order valence-corrected chi connectivity index (χ3v) is 4.79. The molecule has 1 aromatic carbocycles. The van der Waals surface area contributed by atoms with Gasteiger partial charge in [-0.2, -0.15) is 5.26 Å². The van der Waals surface area contributed by atoms with Gasteiger partial charge in [-0.05, 0) is 48.6 Å². The van der Waals surface area contributed by atoms with Crippen molar-refractivity contribution in [2.75, 3.05) is 18.0 Å². The third-order valence-electron chi connectivity index (χ3n) is 3.73. The van der Waals surface area contributed by atoms with Gasteiger partial charge in [0, 0.05) is 13.1 Å². The van der Waals surface area contributed by atoms with Crippen molar-refractivity contribution in [2.24, 2.45) is 5.92 Å². The van der Waals surface area contributed by atoms with Crippen LogP contribution in [0.1, 0.15) is 16.9 Å². The first-order valence-corrected chi connectivity index (χ1v) is 7.59. The van der Waals surface area contributed by atoms with Crippen LogP contribution in [0.2, 0.25) is 0 Å². The summed E-state index contributed by atoms with van der Waals surface area (Å²) in [6, 6.07) is 13.7. The second kappa shape index (κ2) is 5.56. The highest BCUT2D eigenvalue weighted by Crippen LogP contribution is 2.31. The Balaban J connectivity index is 1.63. The lowest BCUT2D eigenvalue weighted by atomic mass is 9.99. The van der Waals surface area contributed by atoms with Crippen molar-refractivity contribution in [3.63, 3.8) is 0 Å². The van der Waals surface area contributed by atoms with Crippen LogP contribution >= 0.6 is 11.3 Å². The minimum atomic E-state index is 0.342. The van der Waals surface area contributed by atoms with E-state index in [0.717, 1.165) is 30.8 Å². The molecule has 0 amide bonds. The number of benzene rings is 1. The number of phenols is 1. The van der Waals surface area contributed by atoms with Crippen LogP contribution in [0.5, 0.6) is 5.75 Å². The molecule has 0 aliphatic carbocycles. The Labute approximate surface area is 122 Å². The summed E-state index contributed by atoms with van der Waals surface area (Å²) >= 11 is 1.57. The molecular formula is C16H16N2OS. The van der Waals surface area contributed by atoms with Gasteiger partial charge in [0.1, 0.15) is 16.7 Å². The van der Waals surface area contributed by atoms with Gasteiger partial charge in [-0.1, -0.05) is 12.1 Å². The molecule has 20 heavy (non-hydrogen) atoms. The Bertz CT molecular complexity index is 644. The number of anilines is 1. The first-order valence-electron chi connectivity index (χ1n) is 6.77. The van der Waals surface area contributed by atoms with Crippen LogP contribution in [0.15, 0.2) is 36.4 Å². The molecule has 0 radical (unpaired) electrons. The number of nitrogens with zero attached hydrogens (tertiary/aromatic N) is 2. The topological polar surface area (TPSA) is 47.3 Å². The van der Waals surface area contributed by atoms with Gasteiger partial charge in [0.05, 0.1) is 5.00 Å². The van der Waals surface area contributed by atoms with Crippen molar-refractivity contribution in [1.29, 1.82) is 5.26 Å². The molecule has 0 bridgehead atoms. The van der Waals surface area contributed by atoms with E-state index in [1.165, 1.54) is 10.6 Å². The van der Waals surface area contributed by atoms with Crippen LogP contribution in [-0.4, -0.2) is 18.2 Å². The van der Waals surface area contributed by atoms with Gasteiger partial charge in [-0.25, -0.2) is 0 Å². The average Bonchev–Trinajstić information content (AvgIpc) is 3.07. The number of rotatable bonds is 3. The molecule has 3 rings (SSSR count). The number of nitriles is 1. The molecule has 1 saturated heterocycles. The number of hydrogen-bond donors (Lipinski definition) is 1. The molecular weight excluding hydrogens is 268 g/mol. The summed E-state index contributed by atoms with van der Waals surface area (Å²) in [5.41, 5.74) is 1.20. The van der Waals surface area contributed by atoms with Crippen LogP contribution in [0, 0.1) is 17.2 Å². The van der Waals surface area contributed by atoms with E-state index in [1.807, 2.05) is 24.3 Å². The number of thiophene rings is 1. The van der Waals surface area contributed by atoms with Crippen LogP contribution in [0.4, 0.5) is 5.00 Å². The van der Waals surface area contributed by atoms with Crippen molar-refractivity contribution in [2.45, 2.75) is 12.8 Å². The first-order chi connectivity index (χ1) is 9.74. The Hall–Kier alpha value is -1.99. The summed E-state index contributed by atoms with van der Waals surface area (Å²) in [7, 11) is 0. The zero-order valence-electron chi connectivity index (χ0n) is 11.1. The maximum absolute atomic E-state index is 9.51. The Morgan fingerprint density at radius 1 is 1.35 bits per heavy atom. The fourth-order valence-electron chi connectivity index (χ4n) is 2.77.